The van der Waals surface area contributed by atoms with Gasteiger partial charge in [-0.2, -0.15) is 0 Å². The molecule has 1 aromatic heterocycles. The summed E-state index contributed by atoms with van der Waals surface area (Å²) >= 11 is 5.92. The van der Waals surface area contributed by atoms with Gasteiger partial charge in [0, 0.05) is 5.39 Å². The molecule has 4 aromatic rings. The molecule has 1 saturated carbocycles. The summed E-state index contributed by atoms with van der Waals surface area (Å²) in [6.07, 6.45) is 5.72. The second kappa shape index (κ2) is 11.8. The van der Waals surface area contributed by atoms with E-state index in [-0.39, 0.29) is 22.9 Å². The number of aromatic nitrogens is 1. The molecular weight excluding hydrogens is 521 g/mol. The molecule has 0 spiro atoms. The lowest BCUT2D eigenvalue weighted by Crippen LogP contribution is -2.16. The van der Waals surface area contributed by atoms with Crippen molar-refractivity contribution in [2.75, 3.05) is 20.3 Å². The van der Waals surface area contributed by atoms with Gasteiger partial charge in [-0.3, -0.25) is 0 Å². The first-order valence-electron chi connectivity index (χ1n) is 12.6. The second-order valence-electron chi connectivity index (χ2n) is 9.44. The standard InChI is InChI=1S/C31H27ClFNO5/c1-37-24-11-12-29(25(15-24)31(35)36)39-18-30(38-17-20-5-6-20)22-4-2-3-19(13-22)7-9-23-10-8-21-14-27(33)26(32)16-28(21)34-23/h2-4,7-16,20,30H,5-6,17-18H2,1H3,(H,35,36)/b9-7+/t30-/m0/s1. The van der Waals surface area contributed by atoms with Crippen LogP contribution in [0.15, 0.2) is 66.7 Å². The van der Waals surface area contributed by atoms with Crippen LogP contribution in [0.2, 0.25) is 5.02 Å². The van der Waals surface area contributed by atoms with Crippen LogP contribution in [0.5, 0.6) is 11.5 Å². The normalized spacial score (nSPS) is 14.0. The molecule has 8 heteroatoms. The first kappa shape index (κ1) is 26.7. The van der Waals surface area contributed by atoms with E-state index >= 15 is 0 Å². The van der Waals surface area contributed by atoms with Crippen molar-refractivity contribution < 1.29 is 28.5 Å². The van der Waals surface area contributed by atoms with Crippen LogP contribution in [0, 0.1) is 11.7 Å². The highest BCUT2D eigenvalue weighted by atomic mass is 35.5. The smallest absolute Gasteiger partial charge is 0.339 e. The van der Waals surface area contributed by atoms with Gasteiger partial charge in [-0.05, 0) is 78.4 Å². The third-order valence-electron chi connectivity index (χ3n) is 6.52. The van der Waals surface area contributed by atoms with Crippen LogP contribution in [-0.4, -0.2) is 36.4 Å². The zero-order chi connectivity index (χ0) is 27.4. The fourth-order valence-corrected chi connectivity index (χ4v) is 4.30. The molecule has 1 atom stereocenters. The Morgan fingerprint density at radius 1 is 1.13 bits per heavy atom. The predicted molar refractivity (Wildman–Crippen MR) is 149 cm³/mol. The Morgan fingerprint density at radius 3 is 2.74 bits per heavy atom. The molecule has 200 valence electrons. The molecule has 39 heavy (non-hydrogen) atoms. The van der Waals surface area contributed by atoms with E-state index in [1.54, 1.807) is 12.1 Å². The monoisotopic (exact) mass is 547 g/mol. The van der Waals surface area contributed by atoms with Gasteiger partial charge in [0.1, 0.15) is 35.6 Å². The maximum absolute atomic E-state index is 13.7. The van der Waals surface area contributed by atoms with Gasteiger partial charge in [-0.25, -0.2) is 14.2 Å². The number of aromatic carboxylic acids is 1. The van der Waals surface area contributed by atoms with Gasteiger partial charge in [0.2, 0.25) is 0 Å². The molecule has 0 unspecified atom stereocenters. The number of rotatable bonds is 11. The molecule has 1 aliphatic rings. The van der Waals surface area contributed by atoms with Crippen molar-refractivity contribution in [3.8, 4) is 11.5 Å². The van der Waals surface area contributed by atoms with E-state index in [1.807, 2.05) is 48.6 Å². The highest BCUT2D eigenvalue weighted by molar-refractivity contribution is 6.31. The Labute approximate surface area is 230 Å². The zero-order valence-corrected chi connectivity index (χ0v) is 22.0. The average molecular weight is 548 g/mol. The molecular formula is C31H27ClFNO5. The third-order valence-corrected chi connectivity index (χ3v) is 6.81. The highest BCUT2D eigenvalue weighted by Gasteiger charge is 2.25. The van der Waals surface area contributed by atoms with Gasteiger partial charge < -0.3 is 19.3 Å². The number of fused-ring (bicyclic) bond motifs is 1. The number of nitrogens with zero attached hydrogens (tertiary/aromatic N) is 1. The summed E-state index contributed by atoms with van der Waals surface area (Å²) in [6, 6.07) is 19.1. The lowest BCUT2D eigenvalue weighted by Gasteiger charge is -2.20. The van der Waals surface area contributed by atoms with E-state index in [0.29, 0.717) is 34.9 Å². The Balaban J connectivity index is 1.35. The van der Waals surface area contributed by atoms with Gasteiger partial charge in [0.05, 0.1) is 29.9 Å². The Kier molecular flexibility index (Phi) is 8.10. The van der Waals surface area contributed by atoms with Crippen molar-refractivity contribution in [2.45, 2.75) is 18.9 Å². The molecule has 0 aliphatic heterocycles. The van der Waals surface area contributed by atoms with E-state index in [2.05, 4.69) is 4.98 Å². The van der Waals surface area contributed by atoms with Crippen LogP contribution < -0.4 is 9.47 Å². The Hall–Kier alpha value is -3.94. The molecule has 1 N–H and O–H groups in total. The minimum Gasteiger partial charge on any atom is -0.497 e. The van der Waals surface area contributed by atoms with E-state index in [0.717, 1.165) is 24.0 Å². The number of hydrogen-bond acceptors (Lipinski definition) is 5. The number of ether oxygens (including phenoxy) is 3. The Morgan fingerprint density at radius 2 is 1.97 bits per heavy atom. The minimum absolute atomic E-state index is 0.0267. The van der Waals surface area contributed by atoms with Crippen LogP contribution >= 0.6 is 11.6 Å². The summed E-state index contributed by atoms with van der Waals surface area (Å²) in [4.78, 5) is 16.3. The fraction of sp³-hybridized carbons (Fsp3) is 0.226. The number of methoxy groups -OCH3 is 1. The number of pyridine rings is 1. The van der Waals surface area contributed by atoms with E-state index in [1.165, 1.54) is 25.3 Å². The van der Waals surface area contributed by atoms with Crippen molar-refractivity contribution in [1.29, 1.82) is 0 Å². The maximum atomic E-state index is 13.7. The molecule has 3 aromatic carbocycles. The molecule has 1 heterocycles. The molecule has 0 radical (unpaired) electrons. The minimum atomic E-state index is -1.10. The van der Waals surface area contributed by atoms with Crippen molar-refractivity contribution in [3.05, 3.63) is 100.0 Å². The van der Waals surface area contributed by atoms with Crippen molar-refractivity contribution in [3.63, 3.8) is 0 Å². The van der Waals surface area contributed by atoms with E-state index < -0.39 is 17.9 Å². The maximum Gasteiger partial charge on any atom is 0.339 e. The lowest BCUT2D eigenvalue weighted by atomic mass is 10.1. The summed E-state index contributed by atoms with van der Waals surface area (Å²) < 4.78 is 31.1. The van der Waals surface area contributed by atoms with Gasteiger partial charge in [-0.1, -0.05) is 41.9 Å². The summed E-state index contributed by atoms with van der Waals surface area (Å²) in [5.74, 6) is -0.327. The predicted octanol–water partition coefficient (Wildman–Crippen LogP) is 7.45. The molecule has 0 amide bonds. The summed E-state index contributed by atoms with van der Waals surface area (Å²) in [6.45, 7) is 0.767. The molecule has 0 bridgehead atoms. The van der Waals surface area contributed by atoms with Crippen molar-refractivity contribution >= 4 is 40.6 Å². The van der Waals surface area contributed by atoms with Crippen LogP contribution in [-0.2, 0) is 4.74 Å². The van der Waals surface area contributed by atoms with Crippen LogP contribution in [0.4, 0.5) is 4.39 Å². The van der Waals surface area contributed by atoms with Crippen LogP contribution in [0.25, 0.3) is 23.1 Å². The number of carbonyl (C=O) groups is 1. The second-order valence-corrected chi connectivity index (χ2v) is 9.85. The van der Waals surface area contributed by atoms with Gasteiger partial charge in [0.15, 0.2) is 0 Å². The van der Waals surface area contributed by atoms with Gasteiger partial charge in [0.25, 0.3) is 0 Å². The molecule has 5 rings (SSSR count). The summed E-state index contributed by atoms with van der Waals surface area (Å²) in [5, 5.41) is 10.3. The topological polar surface area (TPSA) is 77.9 Å². The molecule has 1 fully saturated rings. The zero-order valence-electron chi connectivity index (χ0n) is 21.3. The average Bonchev–Trinajstić information content (AvgIpc) is 3.77. The molecule has 0 saturated heterocycles. The number of halogens is 2. The first-order valence-corrected chi connectivity index (χ1v) is 13.0. The quantitative estimate of drug-likeness (QED) is 0.210. The van der Waals surface area contributed by atoms with Gasteiger partial charge in [-0.15, -0.1) is 0 Å². The summed E-state index contributed by atoms with van der Waals surface area (Å²) in [7, 11) is 1.48. The highest BCUT2D eigenvalue weighted by Crippen LogP contribution is 2.32. The van der Waals surface area contributed by atoms with Gasteiger partial charge >= 0.3 is 5.97 Å². The first-order chi connectivity index (χ1) is 18.9. The number of benzene rings is 3. The fourth-order valence-electron chi connectivity index (χ4n) is 4.14. The lowest BCUT2D eigenvalue weighted by molar-refractivity contribution is 0.0128. The SMILES string of the molecule is COc1ccc(OC[C@H](OCC2CC2)c2cccc(/C=C/c3ccc4cc(F)c(Cl)cc4n3)c2)c(C(=O)O)c1. The number of carboxylic acids is 1. The third kappa shape index (κ3) is 6.74. The van der Waals surface area contributed by atoms with E-state index in [9.17, 15) is 14.3 Å². The largest absolute Gasteiger partial charge is 0.497 e. The van der Waals surface area contributed by atoms with Crippen molar-refractivity contribution in [2.24, 2.45) is 5.92 Å². The number of hydrogen-bond donors (Lipinski definition) is 1. The molecule has 1 aliphatic carbocycles. The molecule has 6 nitrogen and oxygen atoms in total. The number of carboxylic acid groups (broad SMARTS) is 1. The summed E-state index contributed by atoms with van der Waals surface area (Å²) in [5.41, 5.74) is 3.20. The Bertz CT molecular complexity index is 1540. The van der Waals surface area contributed by atoms with Crippen molar-refractivity contribution in [1.82, 2.24) is 4.98 Å². The van der Waals surface area contributed by atoms with Crippen LogP contribution in [0.1, 0.15) is 46.1 Å². The van der Waals surface area contributed by atoms with E-state index in [4.69, 9.17) is 25.8 Å². The van der Waals surface area contributed by atoms with Crippen LogP contribution in [0.3, 0.4) is 0 Å².